The Labute approximate surface area is 115 Å². The molecule has 2 N–H and O–H groups in total. The number of aliphatic hydroxyl groups is 1. The number of likely N-dealkylation sites (N-methyl/N-ethyl adjacent to an activating group) is 1. The molecule has 2 atom stereocenters. The van der Waals surface area contributed by atoms with E-state index in [4.69, 9.17) is 0 Å². The van der Waals surface area contributed by atoms with Crippen LogP contribution in [0.25, 0.3) is 0 Å². The summed E-state index contributed by atoms with van der Waals surface area (Å²) in [6, 6.07) is 7.66. The summed E-state index contributed by atoms with van der Waals surface area (Å²) in [7, 11) is 1.79. The van der Waals surface area contributed by atoms with Crippen LogP contribution in [-0.2, 0) is 11.3 Å². The van der Waals surface area contributed by atoms with E-state index in [1.165, 1.54) is 0 Å². The molecule has 1 amide bonds. The number of nitrogens with zero attached hydrogens (tertiary/aromatic N) is 1. The third kappa shape index (κ3) is 3.31. The highest BCUT2D eigenvalue weighted by Crippen LogP contribution is 2.14. The fourth-order valence-electron chi connectivity index (χ4n) is 2.11. The molecule has 1 aliphatic heterocycles. The number of aliphatic hydroxyl groups excluding tert-OH is 1. The molecule has 1 fully saturated rings. The number of benzene rings is 1. The van der Waals surface area contributed by atoms with Gasteiger partial charge in [0.25, 0.3) is 0 Å². The highest BCUT2D eigenvalue weighted by atomic mass is 79.9. The van der Waals surface area contributed by atoms with Crippen molar-refractivity contribution in [2.24, 2.45) is 0 Å². The lowest BCUT2D eigenvalue weighted by Crippen LogP contribution is -2.41. The summed E-state index contributed by atoms with van der Waals surface area (Å²) in [6.07, 6.45) is 0.101. The minimum atomic E-state index is -0.403. The summed E-state index contributed by atoms with van der Waals surface area (Å²) >= 11 is 3.38. The SMILES string of the molecule is CN(Cc1ccc(Br)cc1)C(=O)[C@@H]1C[C@@H](O)CN1. The quantitative estimate of drug-likeness (QED) is 0.880. The standard InChI is InChI=1S/C13H17BrN2O2/c1-16(8-9-2-4-10(14)5-3-9)13(18)12-6-11(17)7-15-12/h2-5,11-12,15,17H,6-8H2,1H3/t11-,12+/m1/s1. The zero-order chi connectivity index (χ0) is 13.1. The van der Waals surface area contributed by atoms with Crippen LogP contribution in [0.15, 0.2) is 28.7 Å². The van der Waals surface area contributed by atoms with Gasteiger partial charge in [0.15, 0.2) is 0 Å². The van der Waals surface area contributed by atoms with Crippen LogP contribution in [-0.4, -0.2) is 41.7 Å². The van der Waals surface area contributed by atoms with E-state index in [2.05, 4.69) is 21.2 Å². The van der Waals surface area contributed by atoms with Gasteiger partial charge in [0.2, 0.25) is 5.91 Å². The van der Waals surface area contributed by atoms with Gasteiger partial charge in [-0.25, -0.2) is 0 Å². The van der Waals surface area contributed by atoms with Crippen molar-refractivity contribution in [1.82, 2.24) is 10.2 Å². The summed E-state index contributed by atoms with van der Waals surface area (Å²) in [5.74, 6) is 0.0365. The van der Waals surface area contributed by atoms with Crippen LogP contribution < -0.4 is 5.32 Å². The normalized spacial score (nSPS) is 23.1. The topological polar surface area (TPSA) is 52.6 Å². The number of nitrogens with one attached hydrogen (secondary N) is 1. The second kappa shape index (κ2) is 5.82. The van der Waals surface area contributed by atoms with Crippen LogP contribution in [0.1, 0.15) is 12.0 Å². The average molecular weight is 313 g/mol. The van der Waals surface area contributed by atoms with Crippen molar-refractivity contribution in [3.63, 3.8) is 0 Å². The Balaban J connectivity index is 1.93. The van der Waals surface area contributed by atoms with Gasteiger partial charge in [-0.15, -0.1) is 0 Å². The molecular weight excluding hydrogens is 296 g/mol. The van der Waals surface area contributed by atoms with E-state index in [0.29, 0.717) is 19.5 Å². The van der Waals surface area contributed by atoms with Crippen molar-refractivity contribution in [3.05, 3.63) is 34.3 Å². The lowest BCUT2D eigenvalue weighted by atomic mass is 10.1. The number of halogens is 1. The summed E-state index contributed by atoms with van der Waals surface area (Å²) in [6.45, 7) is 1.09. The highest BCUT2D eigenvalue weighted by Gasteiger charge is 2.29. The first-order valence-corrected chi connectivity index (χ1v) is 6.76. The monoisotopic (exact) mass is 312 g/mol. The van der Waals surface area contributed by atoms with Gasteiger partial charge in [-0.3, -0.25) is 4.79 Å². The maximum Gasteiger partial charge on any atom is 0.239 e. The van der Waals surface area contributed by atoms with Crippen LogP contribution in [0.5, 0.6) is 0 Å². The Hall–Kier alpha value is -0.910. The number of carbonyl (C=O) groups excluding carboxylic acids is 1. The first-order valence-electron chi connectivity index (χ1n) is 5.97. The molecule has 98 valence electrons. The maximum atomic E-state index is 12.1. The van der Waals surface area contributed by atoms with Gasteiger partial charge in [-0.05, 0) is 24.1 Å². The lowest BCUT2D eigenvalue weighted by molar-refractivity contribution is -0.132. The van der Waals surface area contributed by atoms with Gasteiger partial charge >= 0.3 is 0 Å². The van der Waals surface area contributed by atoms with Gasteiger partial charge in [0, 0.05) is 24.6 Å². The Bertz CT molecular complexity index is 422. The molecule has 0 aliphatic carbocycles. The second-order valence-corrected chi connectivity index (χ2v) is 5.59. The number of hydrogen-bond donors (Lipinski definition) is 2. The van der Waals surface area contributed by atoms with Gasteiger partial charge in [0.05, 0.1) is 12.1 Å². The molecule has 0 radical (unpaired) electrons. The summed E-state index contributed by atoms with van der Waals surface area (Å²) in [4.78, 5) is 13.8. The van der Waals surface area contributed by atoms with Crippen molar-refractivity contribution in [1.29, 1.82) is 0 Å². The molecule has 0 unspecified atom stereocenters. The highest BCUT2D eigenvalue weighted by molar-refractivity contribution is 9.10. The van der Waals surface area contributed by atoms with Gasteiger partial charge in [0.1, 0.15) is 0 Å². The van der Waals surface area contributed by atoms with E-state index < -0.39 is 6.10 Å². The third-order valence-corrected chi connectivity index (χ3v) is 3.64. The molecule has 1 saturated heterocycles. The zero-order valence-corrected chi connectivity index (χ0v) is 11.9. The van der Waals surface area contributed by atoms with Gasteiger partial charge < -0.3 is 15.3 Å². The van der Waals surface area contributed by atoms with Crippen molar-refractivity contribution < 1.29 is 9.90 Å². The lowest BCUT2D eigenvalue weighted by Gasteiger charge is -2.21. The van der Waals surface area contributed by atoms with Gasteiger partial charge in [-0.2, -0.15) is 0 Å². The Morgan fingerprint density at radius 2 is 2.17 bits per heavy atom. The first kappa shape index (κ1) is 13.5. The number of hydrogen-bond acceptors (Lipinski definition) is 3. The minimum Gasteiger partial charge on any atom is -0.392 e. The predicted octanol–water partition coefficient (Wildman–Crippen LogP) is 1.13. The number of amides is 1. The molecular formula is C13H17BrN2O2. The molecule has 0 aromatic heterocycles. The number of rotatable bonds is 3. The minimum absolute atomic E-state index is 0.0365. The fraction of sp³-hybridized carbons (Fsp3) is 0.462. The number of β-amino-alcohol motifs (C(OH)–C–C–N with tert-alkyl or cyclic N) is 1. The molecule has 0 bridgehead atoms. The third-order valence-electron chi connectivity index (χ3n) is 3.11. The summed E-state index contributed by atoms with van der Waals surface area (Å²) < 4.78 is 1.03. The van der Waals surface area contributed by atoms with Crippen molar-refractivity contribution in [2.45, 2.75) is 25.1 Å². The average Bonchev–Trinajstić information content (AvgIpc) is 2.78. The van der Waals surface area contributed by atoms with Gasteiger partial charge in [-0.1, -0.05) is 28.1 Å². The molecule has 0 saturated carbocycles. The molecule has 1 heterocycles. The Kier molecular flexibility index (Phi) is 4.37. The van der Waals surface area contributed by atoms with E-state index in [-0.39, 0.29) is 11.9 Å². The second-order valence-electron chi connectivity index (χ2n) is 4.67. The molecule has 2 rings (SSSR count). The maximum absolute atomic E-state index is 12.1. The van der Waals surface area contributed by atoms with E-state index in [0.717, 1.165) is 10.0 Å². The predicted molar refractivity (Wildman–Crippen MR) is 73.0 cm³/mol. The van der Waals surface area contributed by atoms with Crippen LogP contribution in [0.4, 0.5) is 0 Å². The molecule has 1 aromatic rings. The summed E-state index contributed by atoms with van der Waals surface area (Å²) in [5.41, 5.74) is 1.09. The molecule has 4 nitrogen and oxygen atoms in total. The fourth-order valence-corrected chi connectivity index (χ4v) is 2.38. The van der Waals surface area contributed by atoms with Crippen LogP contribution in [0.2, 0.25) is 0 Å². The van der Waals surface area contributed by atoms with Crippen LogP contribution >= 0.6 is 15.9 Å². The van der Waals surface area contributed by atoms with Crippen LogP contribution in [0, 0.1) is 0 Å². The Morgan fingerprint density at radius 3 is 2.72 bits per heavy atom. The molecule has 18 heavy (non-hydrogen) atoms. The molecule has 1 aromatic carbocycles. The van der Waals surface area contributed by atoms with E-state index in [1.54, 1.807) is 11.9 Å². The van der Waals surface area contributed by atoms with Crippen molar-refractivity contribution in [3.8, 4) is 0 Å². The van der Waals surface area contributed by atoms with Crippen LogP contribution in [0.3, 0.4) is 0 Å². The van der Waals surface area contributed by atoms with E-state index in [9.17, 15) is 9.90 Å². The first-order chi connectivity index (χ1) is 8.56. The smallest absolute Gasteiger partial charge is 0.239 e. The van der Waals surface area contributed by atoms with E-state index in [1.807, 2.05) is 24.3 Å². The largest absolute Gasteiger partial charge is 0.392 e. The Morgan fingerprint density at radius 1 is 1.50 bits per heavy atom. The zero-order valence-electron chi connectivity index (χ0n) is 10.3. The van der Waals surface area contributed by atoms with Crippen molar-refractivity contribution in [2.75, 3.05) is 13.6 Å². The number of carbonyl (C=O) groups is 1. The molecule has 1 aliphatic rings. The van der Waals surface area contributed by atoms with E-state index >= 15 is 0 Å². The van der Waals surface area contributed by atoms with Crippen molar-refractivity contribution >= 4 is 21.8 Å². The molecule has 0 spiro atoms. The summed E-state index contributed by atoms with van der Waals surface area (Å²) in [5, 5.41) is 12.4. The molecule has 5 heteroatoms.